The zero-order chi connectivity index (χ0) is 16.9. The molecule has 0 aliphatic carbocycles. The lowest BCUT2D eigenvalue weighted by atomic mass is 9.96. The molecule has 3 nitrogen and oxygen atoms in total. The van der Waals surface area contributed by atoms with Crippen molar-refractivity contribution in [1.29, 1.82) is 0 Å². The van der Waals surface area contributed by atoms with Crippen molar-refractivity contribution in [3.05, 3.63) is 107 Å². The van der Waals surface area contributed by atoms with Crippen LogP contribution in [0.4, 0.5) is 0 Å². The average molecular weight is 316 g/mol. The molecule has 0 radical (unpaired) electrons. The monoisotopic (exact) mass is 316 g/mol. The largest absolute Gasteiger partial charge is 0.384 e. The number of aliphatic hydroxyl groups excluding tert-OH is 1. The molecule has 0 aliphatic heterocycles. The van der Waals surface area contributed by atoms with E-state index >= 15 is 0 Å². The van der Waals surface area contributed by atoms with Crippen molar-refractivity contribution in [2.24, 2.45) is 0 Å². The summed E-state index contributed by atoms with van der Waals surface area (Å²) in [6, 6.07) is 22.7. The summed E-state index contributed by atoms with van der Waals surface area (Å²) in [5.74, 6) is -0.0914. The van der Waals surface area contributed by atoms with E-state index in [1.165, 1.54) is 0 Å². The quantitative estimate of drug-likeness (QED) is 0.575. The van der Waals surface area contributed by atoms with E-state index < -0.39 is 6.10 Å². The van der Waals surface area contributed by atoms with E-state index in [2.05, 4.69) is 0 Å². The van der Waals surface area contributed by atoms with Crippen LogP contribution in [0.2, 0.25) is 0 Å². The van der Waals surface area contributed by atoms with Gasteiger partial charge in [-0.2, -0.15) is 0 Å². The Bertz CT molecular complexity index is 869. The Labute approximate surface area is 140 Å². The van der Waals surface area contributed by atoms with Gasteiger partial charge in [0.1, 0.15) is 12.4 Å². The van der Waals surface area contributed by atoms with Crippen LogP contribution in [0.1, 0.15) is 43.5 Å². The molecule has 0 amide bonds. The van der Waals surface area contributed by atoms with Crippen molar-refractivity contribution < 1.29 is 14.7 Å². The normalized spacial score (nSPS) is 11.7. The highest BCUT2D eigenvalue weighted by Crippen LogP contribution is 2.24. The maximum absolute atomic E-state index is 12.5. The molecular formula is C21H16O3. The molecule has 3 aromatic carbocycles. The maximum atomic E-state index is 12.5. The zero-order valence-corrected chi connectivity index (χ0v) is 12.9. The van der Waals surface area contributed by atoms with Crippen LogP contribution in [0.5, 0.6) is 0 Å². The Morgan fingerprint density at radius 2 is 1.42 bits per heavy atom. The number of hydrogen-bond donors (Lipinski definition) is 1. The summed E-state index contributed by atoms with van der Waals surface area (Å²) < 4.78 is 0. The standard InChI is InChI=1S/C21H16O3/c22-14-15-6-4-9-17(12-15)21(24)19-11-5-10-18(13-19)20(23)16-7-2-1-3-8-16/h1-14,21,24H. The molecule has 0 aromatic heterocycles. The first-order valence-corrected chi connectivity index (χ1v) is 7.62. The summed E-state index contributed by atoms with van der Waals surface area (Å²) in [6.45, 7) is 0. The molecule has 1 atom stereocenters. The van der Waals surface area contributed by atoms with Gasteiger partial charge >= 0.3 is 0 Å². The third-order valence-corrected chi connectivity index (χ3v) is 3.86. The van der Waals surface area contributed by atoms with Crippen LogP contribution >= 0.6 is 0 Å². The summed E-state index contributed by atoms with van der Waals surface area (Å²) in [5, 5.41) is 10.6. The van der Waals surface area contributed by atoms with Crippen molar-refractivity contribution in [2.75, 3.05) is 0 Å². The van der Waals surface area contributed by atoms with Gasteiger partial charge in [0, 0.05) is 16.7 Å². The average Bonchev–Trinajstić information content (AvgIpc) is 2.67. The van der Waals surface area contributed by atoms with E-state index in [1.54, 1.807) is 60.7 Å². The van der Waals surface area contributed by atoms with Gasteiger partial charge in [0.25, 0.3) is 0 Å². The summed E-state index contributed by atoms with van der Waals surface area (Å²) in [7, 11) is 0. The zero-order valence-electron chi connectivity index (χ0n) is 12.9. The summed E-state index contributed by atoms with van der Waals surface area (Å²) in [4.78, 5) is 23.4. The predicted octanol–water partition coefficient (Wildman–Crippen LogP) is 3.81. The lowest BCUT2D eigenvalue weighted by Gasteiger charge is -2.13. The Kier molecular flexibility index (Phi) is 4.64. The van der Waals surface area contributed by atoms with E-state index in [0.717, 1.165) is 6.29 Å². The third-order valence-electron chi connectivity index (χ3n) is 3.86. The number of ketones is 1. The smallest absolute Gasteiger partial charge is 0.193 e. The van der Waals surface area contributed by atoms with Crippen molar-refractivity contribution >= 4 is 12.1 Å². The van der Waals surface area contributed by atoms with Crippen LogP contribution in [0.25, 0.3) is 0 Å². The topological polar surface area (TPSA) is 54.4 Å². The second-order valence-electron chi connectivity index (χ2n) is 5.51. The van der Waals surface area contributed by atoms with Crippen LogP contribution in [-0.4, -0.2) is 17.2 Å². The van der Waals surface area contributed by atoms with Crippen molar-refractivity contribution in [1.82, 2.24) is 0 Å². The lowest BCUT2D eigenvalue weighted by molar-refractivity contribution is 0.103. The lowest BCUT2D eigenvalue weighted by Crippen LogP contribution is -2.05. The fourth-order valence-corrected chi connectivity index (χ4v) is 2.60. The van der Waals surface area contributed by atoms with Gasteiger partial charge in [-0.05, 0) is 23.3 Å². The number of aldehydes is 1. The molecule has 0 fully saturated rings. The molecule has 0 heterocycles. The van der Waals surface area contributed by atoms with Crippen molar-refractivity contribution in [3.8, 4) is 0 Å². The summed E-state index contributed by atoms with van der Waals surface area (Å²) in [6.07, 6.45) is -0.153. The summed E-state index contributed by atoms with van der Waals surface area (Å²) >= 11 is 0. The molecule has 3 heteroatoms. The molecule has 0 saturated heterocycles. The van der Waals surface area contributed by atoms with E-state index in [0.29, 0.717) is 27.8 Å². The number of carbonyl (C=O) groups is 2. The first-order chi connectivity index (χ1) is 11.7. The first kappa shape index (κ1) is 15.8. The molecule has 0 saturated carbocycles. The van der Waals surface area contributed by atoms with E-state index in [9.17, 15) is 14.7 Å². The molecule has 0 bridgehead atoms. The molecule has 3 aromatic rings. The van der Waals surface area contributed by atoms with E-state index in [1.807, 2.05) is 18.2 Å². The molecule has 0 aliphatic rings. The molecule has 1 N–H and O–H groups in total. The van der Waals surface area contributed by atoms with Gasteiger partial charge in [-0.25, -0.2) is 0 Å². The van der Waals surface area contributed by atoms with Crippen LogP contribution in [0, 0.1) is 0 Å². The Morgan fingerprint density at radius 1 is 0.792 bits per heavy atom. The van der Waals surface area contributed by atoms with Crippen molar-refractivity contribution in [2.45, 2.75) is 6.10 Å². The third kappa shape index (κ3) is 3.31. The first-order valence-electron chi connectivity index (χ1n) is 7.62. The SMILES string of the molecule is O=Cc1cccc(C(O)c2cccc(C(=O)c3ccccc3)c2)c1. The van der Waals surface area contributed by atoms with Gasteiger partial charge in [0.2, 0.25) is 0 Å². The number of rotatable bonds is 5. The summed E-state index contributed by atoms with van der Waals surface area (Å²) in [5.41, 5.74) is 2.85. The highest BCUT2D eigenvalue weighted by Gasteiger charge is 2.14. The molecule has 3 rings (SSSR count). The van der Waals surface area contributed by atoms with Crippen molar-refractivity contribution in [3.63, 3.8) is 0 Å². The fourth-order valence-electron chi connectivity index (χ4n) is 2.60. The minimum atomic E-state index is -0.895. The van der Waals surface area contributed by atoms with Gasteiger partial charge in [0.05, 0.1) is 0 Å². The van der Waals surface area contributed by atoms with Gasteiger partial charge in [-0.1, -0.05) is 66.7 Å². The van der Waals surface area contributed by atoms with Gasteiger partial charge in [0.15, 0.2) is 5.78 Å². The van der Waals surface area contributed by atoms with Crippen LogP contribution < -0.4 is 0 Å². The van der Waals surface area contributed by atoms with Crippen LogP contribution in [0.15, 0.2) is 78.9 Å². The predicted molar refractivity (Wildman–Crippen MR) is 92.2 cm³/mol. The Morgan fingerprint density at radius 3 is 2.12 bits per heavy atom. The van der Waals surface area contributed by atoms with Crippen LogP contribution in [0.3, 0.4) is 0 Å². The maximum Gasteiger partial charge on any atom is 0.193 e. The van der Waals surface area contributed by atoms with Gasteiger partial charge in [-0.3, -0.25) is 9.59 Å². The van der Waals surface area contributed by atoms with E-state index in [-0.39, 0.29) is 5.78 Å². The molecule has 1 unspecified atom stereocenters. The second kappa shape index (κ2) is 7.02. The molecule has 0 spiro atoms. The Hall–Kier alpha value is -3.04. The minimum Gasteiger partial charge on any atom is -0.384 e. The number of benzene rings is 3. The minimum absolute atomic E-state index is 0.0914. The molecule has 118 valence electrons. The fraction of sp³-hybridized carbons (Fsp3) is 0.0476. The highest BCUT2D eigenvalue weighted by molar-refractivity contribution is 6.09. The highest BCUT2D eigenvalue weighted by atomic mass is 16.3. The number of aliphatic hydroxyl groups is 1. The Balaban J connectivity index is 1.92. The molecule has 24 heavy (non-hydrogen) atoms. The van der Waals surface area contributed by atoms with E-state index in [4.69, 9.17) is 0 Å². The van der Waals surface area contributed by atoms with Crippen LogP contribution in [-0.2, 0) is 0 Å². The number of carbonyl (C=O) groups excluding carboxylic acids is 2. The van der Waals surface area contributed by atoms with Gasteiger partial charge in [-0.15, -0.1) is 0 Å². The second-order valence-corrected chi connectivity index (χ2v) is 5.51. The number of hydrogen-bond acceptors (Lipinski definition) is 3. The van der Waals surface area contributed by atoms with Gasteiger partial charge < -0.3 is 5.11 Å². The molecular weight excluding hydrogens is 300 g/mol.